The highest BCUT2D eigenvalue weighted by Crippen LogP contribution is 2.49. The zero-order chi connectivity index (χ0) is 17.9. The van der Waals surface area contributed by atoms with Gasteiger partial charge in [-0.25, -0.2) is 0 Å². The van der Waals surface area contributed by atoms with Gasteiger partial charge in [0.2, 0.25) is 0 Å². The molecule has 24 heavy (non-hydrogen) atoms. The first-order chi connectivity index (χ1) is 11.1. The summed E-state index contributed by atoms with van der Waals surface area (Å²) in [5.74, 6) is 0. The van der Waals surface area contributed by atoms with Crippen molar-refractivity contribution in [3.8, 4) is 0 Å². The van der Waals surface area contributed by atoms with E-state index in [0.717, 1.165) is 24.0 Å². The number of epoxide rings is 1. The van der Waals surface area contributed by atoms with Crippen LogP contribution >= 0.6 is 0 Å². The number of ether oxygens (including phenoxy) is 2. The Labute approximate surface area is 146 Å². The van der Waals surface area contributed by atoms with Gasteiger partial charge in [0.05, 0.1) is 6.10 Å². The van der Waals surface area contributed by atoms with Crippen molar-refractivity contribution in [3.05, 3.63) is 11.1 Å². The molecule has 3 aliphatic rings. The fraction of sp³-hybridized carbons (Fsp3) is 0.889. The molecule has 0 aromatic heterocycles. The second-order valence-electron chi connectivity index (χ2n) is 8.89. The molecule has 1 fully saturated rings. The Morgan fingerprint density at radius 3 is 2.42 bits per heavy atom. The van der Waals surface area contributed by atoms with Gasteiger partial charge in [-0.05, 0) is 36.5 Å². The van der Waals surface area contributed by atoms with E-state index in [1.54, 1.807) is 0 Å². The summed E-state index contributed by atoms with van der Waals surface area (Å²) in [7, 11) is -2.03. The van der Waals surface area contributed by atoms with Crippen LogP contribution < -0.4 is 0 Å². The van der Waals surface area contributed by atoms with Gasteiger partial charge in [-0.15, -0.1) is 0 Å². The fourth-order valence-electron chi connectivity index (χ4n) is 3.57. The minimum absolute atomic E-state index is 0.0396. The zero-order valence-electron chi connectivity index (χ0n) is 15.7. The Morgan fingerprint density at radius 1 is 1.17 bits per heavy atom. The zero-order valence-corrected chi connectivity index (χ0v) is 16.7. The van der Waals surface area contributed by atoms with Gasteiger partial charge >= 0.3 is 0 Å². The van der Waals surface area contributed by atoms with Crippen LogP contribution in [0.2, 0.25) is 18.1 Å². The van der Waals surface area contributed by atoms with Gasteiger partial charge in [0.15, 0.2) is 14.6 Å². The second kappa shape index (κ2) is 6.18. The number of aliphatic hydroxyl groups excluding tert-OH is 2. The summed E-state index contributed by atoms with van der Waals surface area (Å²) in [6.07, 6.45) is 0.202. The van der Waals surface area contributed by atoms with E-state index < -0.39 is 20.7 Å². The number of aliphatic hydroxyl groups is 2. The molecule has 0 aromatic rings. The molecule has 5 nitrogen and oxygen atoms in total. The molecule has 138 valence electrons. The van der Waals surface area contributed by atoms with E-state index in [4.69, 9.17) is 13.9 Å². The van der Waals surface area contributed by atoms with Crippen molar-refractivity contribution in [2.24, 2.45) is 0 Å². The molecule has 2 heterocycles. The molecule has 1 aliphatic carbocycles. The highest BCUT2D eigenvalue weighted by Gasteiger charge is 2.60. The number of hydrogen-bond acceptors (Lipinski definition) is 5. The Morgan fingerprint density at radius 2 is 1.83 bits per heavy atom. The minimum Gasteiger partial charge on any atom is -0.407 e. The lowest BCUT2D eigenvalue weighted by Crippen LogP contribution is -2.51. The number of hydrogen-bond donors (Lipinski definition) is 2. The van der Waals surface area contributed by atoms with Crippen molar-refractivity contribution in [2.75, 3.05) is 0 Å². The van der Waals surface area contributed by atoms with Crippen molar-refractivity contribution < 1.29 is 24.1 Å². The van der Waals surface area contributed by atoms with Crippen LogP contribution in [-0.4, -0.2) is 55.3 Å². The van der Waals surface area contributed by atoms with Crippen LogP contribution in [0.25, 0.3) is 0 Å². The van der Waals surface area contributed by atoms with Crippen molar-refractivity contribution in [1.29, 1.82) is 0 Å². The van der Waals surface area contributed by atoms with Gasteiger partial charge in [-0.1, -0.05) is 34.1 Å². The summed E-state index contributed by atoms with van der Waals surface area (Å²) in [6, 6.07) is 0. The van der Waals surface area contributed by atoms with E-state index >= 15 is 0 Å². The normalized spacial score (nSPS) is 39.5. The number of rotatable bonds is 4. The van der Waals surface area contributed by atoms with Crippen molar-refractivity contribution in [3.63, 3.8) is 0 Å². The predicted octanol–water partition coefficient (Wildman–Crippen LogP) is 2.72. The summed E-state index contributed by atoms with van der Waals surface area (Å²) in [4.78, 5) is 0. The summed E-state index contributed by atoms with van der Waals surface area (Å²) < 4.78 is 18.1. The average molecular weight is 357 g/mol. The number of fused-ring (bicyclic) bond motifs is 1. The fourth-order valence-corrected chi connectivity index (χ4v) is 4.82. The Kier molecular flexibility index (Phi) is 4.77. The first-order valence-corrected chi connectivity index (χ1v) is 12.1. The first kappa shape index (κ1) is 18.5. The molecule has 0 spiro atoms. The maximum Gasteiger partial charge on any atom is 0.193 e. The van der Waals surface area contributed by atoms with Crippen molar-refractivity contribution >= 4 is 8.32 Å². The molecule has 6 heteroatoms. The maximum absolute atomic E-state index is 10.6. The SMILES string of the molecule is CCC[C@@H]1CC2=C(C(O)O1)[C@@H](O[Si](C)(C)C(C)(C)C)[C@@H]1O[C@@H]1[C@@H]2O. The highest BCUT2D eigenvalue weighted by atomic mass is 28.4. The van der Waals surface area contributed by atoms with Gasteiger partial charge in [0, 0.05) is 5.57 Å². The molecule has 0 radical (unpaired) electrons. The van der Waals surface area contributed by atoms with Crippen LogP contribution in [-0.2, 0) is 13.9 Å². The predicted molar refractivity (Wildman–Crippen MR) is 94.2 cm³/mol. The Hall–Kier alpha value is -0.243. The van der Waals surface area contributed by atoms with E-state index in [2.05, 4.69) is 40.8 Å². The van der Waals surface area contributed by atoms with Gasteiger partial charge in [-0.2, -0.15) is 0 Å². The lowest BCUT2D eigenvalue weighted by Gasteiger charge is -2.44. The lowest BCUT2D eigenvalue weighted by molar-refractivity contribution is -0.135. The van der Waals surface area contributed by atoms with Gasteiger partial charge in [0.25, 0.3) is 0 Å². The van der Waals surface area contributed by atoms with E-state index in [1.807, 2.05) is 0 Å². The van der Waals surface area contributed by atoms with Crippen LogP contribution in [0.5, 0.6) is 0 Å². The van der Waals surface area contributed by atoms with Gasteiger partial charge in [0.1, 0.15) is 24.4 Å². The molecular formula is C18H32O5Si. The van der Waals surface area contributed by atoms with E-state index in [9.17, 15) is 10.2 Å². The molecule has 0 bridgehead atoms. The van der Waals surface area contributed by atoms with Gasteiger partial charge < -0.3 is 24.1 Å². The second-order valence-corrected chi connectivity index (χ2v) is 13.6. The highest BCUT2D eigenvalue weighted by molar-refractivity contribution is 6.74. The van der Waals surface area contributed by atoms with Crippen LogP contribution in [0.15, 0.2) is 11.1 Å². The van der Waals surface area contributed by atoms with Gasteiger partial charge in [-0.3, -0.25) is 0 Å². The summed E-state index contributed by atoms with van der Waals surface area (Å²) >= 11 is 0. The lowest BCUT2D eigenvalue weighted by atomic mass is 9.82. The molecule has 2 N–H and O–H groups in total. The topological polar surface area (TPSA) is 71.5 Å². The largest absolute Gasteiger partial charge is 0.407 e. The molecule has 2 aliphatic heterocycles. The van der Waals surface area contributed by atoms with Crippen LogP contribution in [0, 0.1) is 0 Å². The standard InChI is InChI=1S/C18H32O5Si/c1-7-8-10-9-11-12(17(20)21-10)14(16-15(22-16)13(11)19)23-24(5,6)18(2,3)4/h10,13-17,19-20H,7-9H2,1-6H3/t10-,13-,14-,15-,16+,17?/m1/s1. The molecular weight excluding hydrogens is 324 g/mol. The van der Waals surface area contributed by atoms with Crippen LogP contribution in [0.1, 0.15) is 47.0 Å². The molecule has 0 aromatic carbocycles. The Bertz CT molecular complexity index is 524. The average Bonchev–Trinajstić information content (AvgIpc) is 3.23. The molecule has 0 saturated carbocycles. The third kappa shape index (κ3) is 3.13. The third-order valence-electron chi connectivity index (χ3n) is 6.08. The monoisotopic (exact) mass is 356 g/mol. The van der Waals surface area contributed by atoms with Crippen molar-refractivity contribution in [2.45, 2.75) is 102 Å². The summed E-state index contributed by atoms with van der Waals surface area (Å²) in [5.41, 5.74) is 1.60. The summed E-state index contributed by atoms with van der Waals surface area (Å²) in [5, 5.41) is 21.3. The minimum atomic E-state index is -2.03. The molecule has 1 saturated heterocycles. The van der Waals surface area contributed by atoms with E-state index in [0.29, 0.717) is 6.42 Å². The van der Waals surface area contributed by atoms with Crippen molar-refractivity contribution in [1.82, 2.24) is 0 Å². The smallest absolute Gasteiger partial charge is 0.193 e. The van der Waals surface area contributed by atoms with E-state index in [1.165, 1.54) is 0 Å². The quantitative estimate of drug-likeness (QED) is 0.460. The third-order valence-corrected chi connectivity index (χ3v) is 10.5. The first-order valence-electron chi connectivity index (χ1n) is 9.14. The molecule has 3 rings (SSSR count). The molecule has 6 atom stereocenters. The van der Waals surface area contributed by atoms with Crippen LogP contribution in [0.4, 0.5) is 0 Å². The van der Waals surface area contributed by atoms with Crippen LogP contribution in [0.3, 0.4) is 0 Å². The van der Waals surface area contributed by atoms with E-state index in [-0.39, 0.29) is 29.5 Å². The molecule has 1 unspecified atom stereocenters. The maximum atomic E-state index is 10.6. The Balaban J connectivity index is 1.90. The summed E-state index contributed by atoms with van der Waals surface area (Å²) in [6.45, 7) is 13.1. The molecule has 0 amide bonds.